The Morgan fingerprint density at radius 2 is 1.62 bits per heavy atom. The van der Waals surface area contributed by atoms with E-state index in [4.69, 9.17) is 5.11 Å². The number of hydrogen-bond acceptors (Lipinski definition) is 3. The van der Waals surface area contributed by atoms with Gasteiger partial charge in [-0.25, -0.2) is 18.0 Å². The summed E-state index contributed by atoms with van der Waals surface area (Å²) in [6.45, 7) is 0. The molecule has 1 atom stereocenters. The number of carbonyl (C=O) groups is 2. The van der Waals surface area contributed by atoms with Crippen LogP contribution in [0.1, 0.15) is 15.9 Å². The summed E-state index contributed by atoms with van der Waals surface area (Å²) in [6, 6.07) is 5.46. The SMILES string of the molecule is O=C(NC(Cc1ccc(O)cc1)C(=O)O)c1ccc(F)c(F)c1F. The molecule has 126 valence electrons. The maximum absolute atomic E-state index is 13.6. The third-order valence-electron chi connectivity index (χ3n) is 3.26. The summed E-state index contributed by atoms with van der Waals surface area (Å²) >= 11 is 0. The van der Waals surface area contributed by atoms with Gasteiger partial charge in [0.1, 0.15) is 11.8 Å². The van der Waals surface area contributed by atoms with Crippen molar-refractivity contribution < 1.29 is 33.0 Å². The van der Waals surface area contributed by atoms with Crippen LogP contribution in [-0.2, 0) is 11.2 Å². The molecular weight excluding hydrogens is 327 g/mol. The zero-order valence-electron chi connectivity index (χ0n) is 12.1. The highest BCUT2D eigenvalue weighted by atomic mass is 19.2. The Balaban J connectivity index is 2.18. The van der Waals surface area contributed by atoms with Crippen LogP contribution < -0.4 is 5.32 Å². The first-order valence-electron chi connectivity index (χ1n) is 6.74. The number of hydrogen-bond donors (Lipinski definition) is 3. The van der Waals surface area contributed by atoms with E-state index in [0.717, 1.165) is 6.07 Å². The second-order valence-electron chi connectivity index (χ2n) is 4.96. The van der Waals surface area contributed by atoms with Crippen molar-refractivity contribution in [2.75, 3.05) is 0 Å². The van der Waals surface area contributed by atoms with Gasteiger partial charge in [-0.1, -0.05) is 12.1 Å². The number of amides is 1. The molecule has 0 fully saturated rings. The molecule has 5 nitrogen and oxygen atoms in total. The minimum absolute atomic E-state index is 0.0153. The summed E-state index contributed by atoms with van der Waals surface area (Å²) in [6.07, 6.45) is -0.146. The number of phenols is 1. The minimum atomic E-state index is -1.81. The molecule has 2 aromatic carbocycles. The molecule has 24 heavy (non-hydrogen) atoms. The van der Waals surface area contributed by atoms with Crippen molar-refractivity contribution in [1.29, 1.82) is 0 Å². The molecule has 0 bridgehead atoms. The number of aromatic hydroxyl groups is 1. The smallest absolute Gasteiger partial charge is 0.326 e. The topological polar surface area (TPSA) is 86.6 Å². The van der Waals surface area contributed by atoms with E-state index in [9.17, 15) is 27.9 Å². The average molecular weight is 339 g/mol. The average Bonchev–Trinajstić information content (AvgIpc) is 2.54. The molecule has 0 heterocycles. The fraction of sp³-hybridized carbons (Fsp3) is 0.125. The second kappa shape index (κ2) is 7.03. The monoisotopic (exact) mass is 339 g/mol. The third-order valence-corrected chi connectivity index (χ3v) is 3.26. The van der Waals surface area contributed by atoms with Crippen LogP contribution in [0.5, 0.6) is 5.75 Å². The lowest BCUT2D eigenvalue weighted by Gasteiger charge is -2.15. The lowest BCUT2D eigenvalue weighted by atomic mass is 10.0. The summed E-state index contributed by atoms with van der Waals surface area (Å²) in [5.41, 5.74) is -0.308. The Kier molecular flexibility index (Phi) is 5.08. The first-order chi connectivity index (χ1) is 11.3. The number of carbonyl (C=O) groups excluding carboxylic acids is 1. The number of halogens is 3. The molecule has 2 rings (SSSR count). The van der Waals surface area contributed by atoms with E-state index in [-0.39, 0.29) is 12.2 Å². The van der Waals surface area contributed by atoms with Crippen molar-refractivity contribution in [3.63, 3.8) is 0 Å². The van der Waals surface area contributed by atoms with Crippen molar-refractivity contribution in [2.45, 2.75) is 12.5 Å². The van der Waals surface area contributed by atoms with Crippen LogP contribution in [-0.4, -0.2) is 28.1 Å². The van der Waals surface area contributed by atoms with Crippen LogP contribution in [0.2, 0.25) is 0 Å². The number of carboxylic acids is 1. The van der Waals surface area contributed by atoms with Gasteiger partial charge in [0.05, 0.1) is 5.56 Å². The molecular formula is C16H12F3NO4. The molecule has 0 saturated heterocycles. The van der Waals surface area contributed by atoms with Crippen molar-refractivity contribution in [3.8, 4) is 5.75 Å². The maximum atomic E-state index is 13.6. The van der Waals surface area contributed by atoms with E-state index in [1.165, 1.54) is 24.3 Å². The molecule has 0 spiro atoms. The Hall–Kier alpha value is -3.03. The van der Waals surface area contributed by atoms with Crippen LogP contribution in [0.15, 0.2) is 36.4 Å². The Bertz CT molecular complexity index is 778. The highest BCUT2D eigenvalue weighted by molar-refractivity contribution is 5.96. The van der Waals surface area contributed by atoms with Gasteiger partial charge in [-0.3, -0.25) is 4.79 Å². The van der Waals surface area contributed by atoms with Crippen LogP contribution in [0, 0.1) is 17.5 Å². The first kappa shape index (κ1) is 17.3. The predicted molar refractivity (Wildman–Crippen MR) is 77.0 cm³/mol. The van der Waals surface area contributed by atoms with Gasteiger partial charge in [-0.15, -0.1) is 0 Å². The van der Waals surface area contributed by atoms with Gasteiger partial charge in [0.15, 0.2) is 17.5 Å². The van der Waals surface area contributed by atoms with E-state index in [0.29, 0.717) is 11.6 Å². The second-order valence-corrected chi connectivity index (χ2v) is 4.96. The quantitative estimate of drug-likeness (QED) is 0.729. The Morgan fingerprint density at radius 3 is 2.21 bits per heavy atom. The molecule has 0 aliphatic rings. The van der Waals surface area contributed by atoms with Gasteiger partial charge >= 0.3 is 5.97 Å². The molecule has 0 aromatic heterocycles. The largest absolute Gasteiger partial charge is 0.508 e. The van der Waals surface area contributed by atoms with E-state index < -0.39 is 40.9 Å². The summed E-state index contributed by atoms with van der Waals surface area (Å²) in [5, 5.41) is 20.4. The number of phenolic OH excluding ortho intramolecular Hbond substituents is 1. The van der Waals surface area contributed by atoms with Crippen molar-refractivity contribution in [2.24, 2.45) is 0 Å². The molecule has 8 heteroatoms. The maximum Gasteiger partial charge on any atom is 0.326 e. The lowest BCUT2D eigenvalue weighted by molar-refractivity contribution is -0.139. The van der Waals surface area contributed by atoms with Gasteiger partial charge < -0.3 is 15.5 Å². The predicted octanol–water partition coefficient (Wildman–Crippen LogP) is 2.24. The van der Waals surface area contributed by atoms with Crippen molar-refractivity contribution in [1.82, 2.24) is 5.32 Å². The Labute approximate surface area is 134 Å². The molecule has 0 saturated carbocycles. The van der Waals surface area contributed by atoms with E-state index in [1.54, 1.807) is 0 Å². The highest BCUT2D eigenvalue weighted by Crippen LogP contribution is 2.16. The number of rotatable bonds is 5. The molecule has 3 N–H and O–H groups in total. The molecule has 1 unspecified atom stereocenters. The molecule has 1 amide bonds. The minimum Gasteiger partial charge on any atom is -0.508 e. The molecule has 0 aliphatic carbocycles. The highest BCUT2D eigenvalue weighted by Gasteiger charge is 2.24. The van der Waals surface area contributed by atoms with Gasteiger partial charge in [0.2, 0.25) is 0 Å². The number of nitrogens with one attached hydrogen (secondary N) is 1. The van der Waals surface area contributed by atoms with Gasteiger partial charge in [0, 0.05) is 6.42 Å². The zero-order chi connectivity index (χ0) is 17.9. The van der Waals surface area contributed by atoms with Crippen molar-refractivity contribution in [3.05, 3.63) is 65.0 Å². The number of benzene rings is 2. The fourth-order valence-corrected chi connectivity index (χ4v) is 2.01. The normalized spacial score (nSPS) is 11.8. The Morgan fingerprint density at radius 1 is 1.00 bits per heavy atom. The number of carboxylic acid groups (broad SMARTS) is 1. The fourth-order valence-electron chi connectivity index (χ4n) is 2.01. The van der Waals surface area contributed by atoms with E-state index in [1.807, 2.05) is 0 Å². The van der Waals surface area contributed by atoms with Crippen LogP contribution in [0.25, 0.3) is 0 Å². The van der Waals surface area contributed by atoms with Crippen LogP contribution in [0.3, 0.4) is 0 Å². The van der Waals surface area contributed by atoms with Crippen LogP contribution >= 0.6 is 0 Å². The van der Waals surface area contributed by atoms with Crippen molar-refractivity contribution >= 4 is 11.9 Å². The zero-order valence-corrected chi connectivity index (χ0v) is 12.1. The standard InChI is InChI=1S/C16H12F3NO4/c17-11-6-5-10(13(18)14(11)19)15(22)20-12(16(23)24)7-8-1-3-9(21)4-2-8/h1-6,12,21H,7H2,(H,20,22)(H,23,24). The van der Waals surface area contributed by atoms with Gasteiger partial charge in [0.25, 0.3) is 5.91 Å². The third kappa shape index (κ3) is 3.83. The summed E-state index contributed by atoms with van der Waals surface area (Å²) in [4.78, 5) is 23.2. The first-order valence-corrected chi connectivity index (χ1v) is 6.74. The van der Waals surface area contributed by atoms with Gasteiger partial charge in [-0.2, -0.15) is 0 Å². The summed E-state index contributed by atoms with van der Waals surface area (Å²) in [7, 11) is 0. The van der Waals surface area contributed by atoms with E-state index in [2.05, 4.69) is 5.32 Å². The molecule has 0 radical (unpaired) electrons. The van der Waals surface area contributed by atoms with E-state index >= 15 is 0 Å². The summed E-state index contributed by atoms with van der Waals surface area (Å²) < 4.78 is 39.6. The molecule has 0 aliphatic heterocycles. The summed E-state index contributed by atoms with van der Waals surface area (Å²) in [5.74, 6) is -7.55. The van der Waals surface area contributed by atoms with Gasteiger partial charge in [-0.05, 0) is 29.8 Å². The molecule has 2 aromatic rings. The van der Waals surface area contributed by atoms with Crippen LogP contribution in [0.4, 0.5) is 13.2 Å². The lowest BCUT2D eigenvalue weighted by Crippen LogP contribution is -2.42. The number of aliphatic carboxylic acids is 1.